The number of carbonyl (C=O) groups excluding carboxylic acids is 1. The number of hydrogen-bond acceptors (Lipinski definition) is 5. The minimum absolute atomic E-state index is 0.0945. The number of nitrogens with one attached hydrogen (secondary N) is 1. The first kappa shape index (κ1) is 17.4. The molecule has 0 aliphatic carbocycles. The molecule has 1 aromatic heterocycles. The maximum Gasteiger partial charge on any atom is 0.238 e. The van der Waals surface area contributed by atoms with Crippen LogP contribution in [0.25, 0.3) is 0 Å². The first-order chi connectivity index (χ1) is 10.3. The number of likely N-dealkylation sites (N-methyl/N-ethyl adjacent to an activating group) is 1. The monoisotopic (exact) mass is 345 g/mol. The Bertz CT molecular complexity index is 599. The lowest BCUT2D eigenvalue weighted by atomic mass is 10.2. The third-order valence-corrected chi connectivity index (χ3v) is 6.16. The van der Waals surface area contributed by atoms with Gasteiger partial charge in [-0.3, -0.25) is 4.79 Å². The van der Waals surface area contributed by atoms with Gasteiger partial charge in [0.25, 0.3) is 0 Å². The predicted molar refractivity (Wildman–Crippen MR) is 88.3 cm³/mol. The Kier molecular flexibility index (Phi) is 5.60. The summed E-state index contributed by atoms with van der Waals surface area (Å²) in [5.74, 6) is -0.202. The summed E-state index contributed by atoms with van der Waals surface area (Å²) in [6, 6.07) is 3.55. The molecule has 0 bridgehead atoms. The first-order valence-corrected chi connectivity index (χ1v) is 9.98. The molecule has 1 aliphatic heterocycles. The van der Waals surface area contributed by atoms with E-state index in [0.717, 1.165) is 12.7 Å². The Morgan fingerprint density at radius 3 is 2.82 bits per heavy atom. The van der Waals surface area contributed by atoms with Crippen LogP contribution in [0.1, 0.15) is 23.8 Å². The van der Waals surface area contributed by atoms with Gasteiger partial charge >= 0.3 is 0 Å². The molecule has 2 atom stereocenters. The number of thiophene rings is 1. The van der Waals surface area contributed by atoms with Crippen molar-refractivity contribution >= 4 is 27.3 Å². The second-order valence-corrected chi connectivity index (χ2v) is 8.69. The average Bonchev–Trinajstić information content (AvgIpc) is 3.08. The highest BCUT2D eigenvalue weighted by molar-refractivity contribution is 7.88. The van der Waals surface area contributed by atoms with E-state index >= 15 is 0 Å². The fourth-order valence-corrected chi connectivity index (χ4v) is 4.78. The molecule has 1 aliphatic rings. The van der Waals surface area contributed by atoms with E-state index in [-0.39, 0.29) is 11.9 Å². The fraction of sp³-hybridized carbons (Fsp3) is 0.643. The van der Waals surface area contributed by atoms with Crippen molar-refractivity contribution < 1.29 is 13.2 Å². The highest BCUT2D eigenvalue weighted by atomic mass is 32.2. The molecule has 22 heavy (non-hydrogen) atoms. The highest BCUT2D eigenvalue weighted by Crippen LogP contribution is 2.23. The summed E-state index contributed by atoms with van der Waals surface area (Å²) in [6.45, 7) is 0.902. The lowest BCUT2D eigenvalue weighted by Gasteiger charge is -2.26. The minimum Gasteiger partial charge on any atom is -0.353 e. The molecule has 1 saturated heterocycles. The SMILES string of the molecule is CN(C)C(CNC(=O)C1CCCN1S(C)(=O)=O)c1cccs1. The average molecular weight is 345 g/mol. The van der Waals surface area contributed by atoms with Crippen LogP contribution in [0.2, 0.25) is 0 Å². The lowest BCUT2D eigenvalue weighted by molar-refractivity contribution is -0.124. The predicted octanol–water partition coefficient (Wildman–Crippen LogP) is 0.891. The van der Waals surface area contributed by atoms with Gasteiger partial charge in [-0.15, -0.1) is 11.3 Å². The number of rotatable bonds is 6. The molecule has 0 aromatic carbocycles. The summed E-state index contributed by atoms with van der Waals surface area (Å²) >= 11 is 1.65. The van der Waals surface area contributed by atoms with Crippen molar-refractivity contribution in [3.63, 3.8) is 0 Å². The summed E-state index contributed by atoms with van der Waals surface area (Å²) in [4.78, 5) is 15.6. The summed E-state index contributed by atoms with van der Waals surface area (Å²) in [5.41, 5.74) is 0. The van der Waals surface area contributed by atoms with Crippen molar-refractivity contribution in [2.45, 2.75) is 24.9 Å². The maximum atomic E-state index is 12.4. The summed E-state index contributed by atoms with van der Waals surface area (Å²) in [5, 5.41) is 4.93. The Balaban J connectivity index is 1.99. The summed E-state index contributed by atoms with van der Waals surface area (Å²) < 4.78 is 24.7. The highest BCUT2D eigenvalue weighted by Gasteiger charge is 2.36. The zero-order valence-corrected chi connectivity index (χ0v) is 14.8. The number of amides is 1. The Hall–Kier alpha value is -0.960. The third kappa shape index (κ3) is 4.07. The van der Waals surface area contributed by atoms with Crippen molar-refractivity contribution in [2.75, 3.05) is 33.4 Å². The smallest absolute Gasteiger partial charge is 0.238 e. The van der Waals surface area contributed by atoms with Crippen LogP contribution in [0, 0.1) is 0 Å². The van der Waals surface area contributed by atoms with Crippen LogP contribution in [0.4, 0.5) is 0 Å². The van der Waals surface area contributed by atoms with E-state index in [1.165, 1.54) is 9.18 Å². The van der Waals surface area contributed by atoms with Gasteiger partial charge < -0.3 is 10.2 Å². The van der Waals surface area contributed by atoms with Crippen molar-refractivity contribution in [3.05, 3.63) is 22.4 Å². The van der Waals surface area contributed by atoms with E-state index in [1.54, 1.807) is 11.3 Å². The number of carbonyl (C=O) groups is 1. The molecule has 0 spiro atoms. The zero-order chi connectivity index (χ0) is 16.3. The van der Waals surface area contributed by atoms with Gasteiger partial charge in [-0.05, 0) is 38.4 Å². The van der Waals surface area contributed by atoms with Gasteiger partial charge in [-0.2, -0.15) is 4.31 Å². The largest absolute Gasteiger partial charge is 0.353 e. The molecule has 1 fully saturated rings. The van der Waals surface area contributed by atoms with Gasteiger partial charge in [0.1, 0.15) is 6.04 Å². The van der Waals surface area contributed by atoms with Gasteiger partial charge in [-0.1, -0.05) is 6.07 Å². The van der Waals surface area contributed by atoms with Crippen LogP contribution < -0.4 is 5.32 Å². The van der Waals surface area contributed by atoms with E-state index in [1.807, 2.05) is 31.6 Å². The van der Waals surface area contributed by atoms with Gasteiger partial charge in [0.2, 0.25) is 15.9 Å². The molecule has 2 unspecified atom stereocenters. The van der Waals surface area contributed by atoms with Gasteiger partial charge in [0.15, 0.2) is 0 Å². The fourth-order valence-electron chi connectivity index (χ4n) is 2.73. The molecule has 2 heterocycles. The van der Waals surface area contributed by atoms with Gasteiger partial charge in [0, 0.05) is 18.0 Å². The number of hydrogen-bond donors (Lipinski definition) is 1. The van der Waals surface area contributed by atoms with Crippen molar-refractivity contribution in [2.24, 2.45) is 0 Å². The van der Waals surface area contributed by atoms with Crippen LogP contribution in [0.15, 0.2) is 17.5 Å². The molecule has 1 aromatic rings. The number of sulfonamides is 1. The zero-order valence-electron chi connectivity index (χ0n) is 13.2. The van der Waals surface area contributed by atoms with E-state index < -0.39 is 16.1 Å². The van der Waals surface area contributed by atoms with E-state index in [0.29, 0.717) is 19.5 Å². The Morgan fingerprint density at radius 1 is 1.55 bits per heavy atom. The van der Waals surface area contributed by atoms with Crippen molar-refractivity contribution in [1.82, 2.24) is 14.5 Å². The van der Waals surface area contributed by atoms with Crippen LogP contribution in [-0.2, 0) is 14.8 Å². The molecule has 1 N–H and O–H groups in total. The molecule has 2 rings (SSSR count). The van der Waals surface area contributed by atoms with Gasteiger partial charge in [0.05, 0.1) is 12.3 Å². The molecule has 8 heteroatoms. The quantitative estimate of drug-likeness (QED) is 0.831. The first-order valence-electron chi connectivity index (χ1n) is 7.25. The van der Waals surface area contributed by atoms with Crippen LogP contribution in [-0.4, -0.2) is 63.0 Å². The van der Waals surface area contributed by atoms with Crippen molar-refractivity contribution in [3.8, 4) is 0 Å². The molecular weight excluding hydrogens is 322 g/mol. The lowest BCUT2D eigenvalue weighted by Crippen LogP contribution is -2.47. The number of nitrogens with zero attached hydrogens (tertiary/aromatic N) is 2. The summed E-state index contributed by atoms with van der Waals surface area (Å²) in [7, 11) is 0.604. The molecule has 6 nitrogen and oxygen atoms in total. The topological polar surface area (TPSA) is 69.7 Å². The molecule has 1 amide bonds. The second-order valence-electron chi connectivity index (χ2n) is 5.77. The van der Waals surface area contributed by atoms with Crippen molar-refractivity contribution in [1.29, 1.82) is 0 Å². The molecular formula is C14H23N3O3S2. The normalized spacial score (nSPS) is 21.2. The van der Waals surface area contributed by atoms with E-state index in [9.17, 15) is 13.2 Å². The van der Waals surface area contributed by atoms with Gasteiger partial charge in [-0.25, -0.2) is 8.42 Å². The Morgan fingerprint density at radius 2 is 2.27 bits per heavy atom. The Labute approximate surface area is 136 Å². The van der Waals surface area contributed by atoms with E-state index in [2.05, 4.69) is 10.2 Å². The maximum absolute atomic E-state index is 12.4. The molecule has 124 valence electrons. The van der Waals surface area contributed by atoms with Crippen LogP contribution >= 0.6 is 11.3 Å². The van der Waals surface area contributed by atoms with Crippen LogP contribution in [0.3, 0.4) is 0 Å². The molecule has 0 saturated carbocycles. The summed E-state index contributed by atoms with van der Waals surface area (Å²) in [6.07, 6.45) is 2.48. The van der Waals surface area contributed by atoms with E-state index in [4.69, 9.17) is 0 Å². The second kappa shape index (κ2) is 7.08. The standard InChI is InChI=1S/C14H23N3O3S2/c1-16(2)12(13-7-5-9-21-13)10-15-14(18)11-6-4-8-17(11)22(3,19)20/h5,7,9,11-12H,4,6,8,10H2,1-3H3,(H,15,18). The van der Waals surface area contributed by atoms with Crippen LogP contribution in [0.5, 0.6) is 0 Å². The third-order valence-electron chi connectivity index (χ3n) is 3.90. The minimum atomic E-state index is -3.33. The molecule has 0 radical (unpaired) electrons.